The van der Waals surface area contributed by atoms with Crippen molar-refractivity contribution in [2.24, 2.45) is 0 Å². The Hall–Kier alpha value is -1.22. The molecule has 0 radical (unpaired) electrons. The third kappa shape index (κ3) is 5.41. The van der Waals surface area contributed by atoms with Crippen molar-refractivity contribution in [2.75, 3.05) is 0 Å². The minimum absolute atomic E-state index is 0.108. The van der Waals surface area contributed by atoms with Gasteiger partial charge in [0.2, 0.25) is 0 Å². The Balaban J connectivity index is 2.58. The SMILES string of the molecule is CC(C)OC(=O)CC(C)(C)Oc1ccc(Cl)cc1. The maximum Gasteiger partial charge on any atom is 0.310 e. The van der Waals surface area contributed by atoms with Crippen molar-refractivity contribution in [3.63, 3.8) is 0 Å². The summed E-state index contributed by atoms with van der Waals surface area (Å²) in [6, 6.07) is 7.05. The van der Waals surface area contributed by atoms with Crippen LogP contribution >= 0.6 is 11.6 Å². The highest BCUT2D eigenvalue weighted by Crippen LogP contribution is 2.23. The zero-order chi connectivity index (χ0) is 13.8. The van der Waals surface area contributed by atoms with Gasteiger partial charge in [-0.1, -0.05) is 11.6 Å². The van der Waals surface area contributed by atoms with E-state index in [1.165, 1.54) is 0 Å². The lowest BCUT2D eigenvalue weighted by molar-refractivity contribution is -0.151. The van der Waals surface area contributed by atoms with Crippen molar-refractivity contribution in [3.05, 3.63) is 29.3 Å². The van der Waals surface area contributed by atoms with E-state index in [-0.39, 0.29) is 18.5 Å². The van der Waals surface area contributed by atoms with Crippen LogP contribution in [0.2, 0.25) is 5.02 Å². The monoisotopic (exact) mass is 270 g/mol. The molecule has 0 saturated heterocycles. The molecule has 0 aliphatic carbocycles. The number of carbonyl (C=O) groups is 1. The van der Waals surface area contributed by atoms with E-state index in [9.17, 15) is 4.79 Å². The fourth-order valence-electron chi connectivity index (χ4n) is 1.51. The highest BCUT2D eigenvalue weighted by molar-refractivity contribution is 6.30. The zero-order valence-corrected chi connectivity index (χ0v) is 12.0. The second-order valence-electron chi connectivity index (χ2n) is 5.03. The molecule has 100 valence electrons. The maximum atomic E-state index is 11.6. The van der Waals surface area contributed by atoms with Gasteiger partial charge >= 0.3 is 5.97 Å². The first-order valence-electron chi connectivity index (χ1n) is 5.92. The molecule has 1 rings (SSSR count). The molecule has 0 atom stereocenters. The smallest absolute Gasteiger partial charge is 0.310 e. The van der Waals surface area contributed by atoms with Crippen LogP contribution in [0.1, 0.15) is 34.1 Å². The first-order valence-corrected chi connectivity index (χ1v) is 6.30. The summed E-state index contributed by atoms with van der Waals surface area (Å²) in [7, 11) is 0. The molecule has 0 fully saturated rings. The molecule has 1 aromatic carbocycles. The van der Waals surface area contributed by atoms with Crippen molar-refractivity contribution in [3.8, 4) is 5.75 Å². The first kappa shape index (κ1) is 14.8. The van der Waals surface area contributed by atoms with E-state index in [1.54, 1.807) is 24.3 Å². The molecule has 1 aromatic rings. The number of hydrogen-bond donors (Lipinski definition) is 0. The lowest BCUT2D eigenvalue weighted by Crippen LogP contribution is -2.32. The van der Waals surface area contributed by atoms with Gasteiger partial charge in [0.05, 0.1) is 12.5 Å². The fourth-order valence-corrected chi connectivity index (χ4v) is 1.64. The Kier molecular flexibility index (Phi) is 5.03. The molecule has 0 unspecified atom stereocenters. The molecule has 0 aliphatic rings. The average Bonchev–Trinajstić information content (AvgIpc) is 2.18. The summed E-state index contributed by atoms with van der Waals surface area (Å²) in [5, 5.41) is 0.652. The first-order chi connectivity index (χ1) is 8.28. The van der Waals surface area contributed by atoms with E-state index >= 15 is 0 Å². The molecule has 18 heavy (non-hydrogen) atoms. The Labute approximate surface area is 113 Å². The van der Waals surface area contributed by atoms with Gasteiger partial charge in [-0.3, -0.25) is 4.79 Å². The molecule has 0 aliphatic heterocycles. The van der Waals surface area contributed by atoms with E-state index in [1.807, 2.05) is 27.7 Å². The van der Waals surface area contributed by atoms with Gasteiger partial charge in [-0.05, 0) is 52.0 Å². The Morgan fingerprint density at radius 2 is 1.83 bits per heavy atom. The number of ether oxygens (including phenoxy) is 2. The zero-order valence-electron chi connectivity index (χ0n) is 11.2. The van der Waals surface area contributed by atoms with Gasteiger partial charge in [0.25, 0.3) is 0 Å². The summed E-state index contributed by atoms with van der Waals surface area (Å²) in [4.78, 5) is 11.6. The van der Waals surface area contributed by atoms with Crippen LogP contribution in [0.5, 0.6) is 5.75 Å². The standard InChI is InChI=1S/C14H19ClO3/c1-10(2)17-13(16)9-14(3,4)18-12-7-5-11(15)6-8-12/h5-8,10H,9H2,1-4H3. The molecule has 3 nitrogen and oxygen atoms in total. The summed E-state index contributed by atoms with van der Waals surface area (Å²) >= 11 is 5.79. The number of esters is 1. The van der Waals surface area contributed by atoms with E-state index in [0.717, 1.165) is 0 Å². The maximum absolute atomic E-state index is 11.6. The highest BCUT2D eigenvalue weighted by atomic mass is 35.5. The van der Waals surface area contributed by atoms with Crippen LogP contribution in [-0.4, -0.2) is 17.7 Å². The van der Waals surface area contributed by atoms with Crippen LogP contribution < -0.4 is 4.74 Å². The molecule has 0 bridgehead atoms. The molecule has 0 spiro atoms. The van der Waals surface area contributed by atoms with E-state index in [0.29, 0.717) is 10.8 Å². The normalized spacial score (nSPS) is 11.4. The van der Waals surface area contributed by atoms with Crippen LogP contribution in [0.25, 0.3) is 0 Å². The lowest BCUT2D eigenvalue weighted by Gasteiger charge is -2.26. The van der Waals surface area contributed by atoms with Crippen LogP contribution in [0.15, 0.2) is 24.3 Å². The van der Waals surface area contributed by atoms with Gasteiger partial charge < -0.3 is 9.47 Å². The average molecular weight is 271 g/mol. The van der Waals surface area contributed by atoms with Crippen LogP contribution in [-0.2, 0) is 9.53 Å². The third-order valence-electron chi connectivity index (χ3n) is 2.14. The Morgan fingerprint density at radius 3 is 2.33 bits per heavy atom. The van der Waals surface area contributed by atoms with Gasteiger partial charge in [-0.25, -0.2) is 0 Å². The summed E-state index contributed by atoms with van der Waals surface area (Å²) in [6.07, 6.45) is 0.0946. The second-order valence-corrected chi connectivity index (χ2v) is 5.47. The minimum Gasteiger partial charge on any atom is -0.487 e. The van der Waals surface area contributed by atoms with Gasteiger partial charge in [-0.15, -0.1) is 0 Å². The summed E-state index contributed by atoms with van der Waals surface area (Å²) < 4.78 is 10.9. The van der Waals surface area contributed by atoms with Gasteiger partial charge in [0.1, 0.15) is 11.4 Å². The minimum atomic E-state index is -0.611. The molecular formula is C14H19ClO3. The van der Waals surface area contributed by atoms with Crippen LogP contribution in [0.4, 0.5) is 0 Å². The molecule has 0 saturated carbocycles. The topological polar surface area (TPSA) is 35.5 Å². The third-order valence-corrected chi connectivity index (χ3v) is 2.40. The fraction of sp³-hybridized carbons (Fsp3) is 0.500. The largest absolute Gasteiger partial charge is 0.487 e. The Bertz CT molecular complexity index is 396. The van der Waals surface area contributed by atoms with Gasteiger partial charge in [-0.2, -0.15) is 0 Å². The molecule has 0 amide bonds. The summed E-state index contributed by atoms with van der Waals surface area (Å²) in [6.45, 7) is 7.35. The molecule has 0 N–H and O–H groups in total. The van der Waals surface area contributed by atoms with Crippen molar-refractivity contribution >= 4 is 17.6 Å². The number of rotatable bonds is 5. The lowest BCUT2D eigenvalue weighted by atomic mass is 10.1. The predicted octanol–water partition coefficient (Wildman–Crippen LogP) is 3.84. The van der Waals surface area contributed by atoms with Crippen molar-refractivity contribution in [1.29, 1.82) is 0 Å². The van der Waals surface area contributed by atoms with Gasteiger partial charge in [0, 0.05) is 5.02 Å². The summed E-state index contributed by atoms with van der Waals surface area (Å²) in [5.74, 6) is 0.422. The van der Waals surface area contributed by atoms with Crippen LogP contribution in [0.3, 0.4) is 0 Å². The molecule has 0 aromatic heterocycles. The van der Waals surface area contributed by atoms with E-state index in [4.69, 9.17) is 21.1 Å². The Morgan fingerprint density at radius 1 is 1.28 bits per heavy atom. The molecular weight excluding hydrogens is 252 g/mol. The molecule has 4 heteroatoms. The second kappa shape index (κ2) is 6.10. The number of hydrogen-bond acceptors (Lipinski definition) is 3. The van der Waals surface area contributed by atoms with E-state index in [2.05, 4.69) is 0 Å². The number of carbonyl (C=O) groups excluding carboxylic acids is 1. The van der Waals surface area contributed by atoms with Crippen molar-refractivity contribution in [1.82, 2.24) is 0 Å². The highest BCUT2D eigenvalue weighted by Gasteiger charge is 2.25. The number of halogens is 1. The quantitative estimate of drug-likeness (QED) is 0.763. The summed E-state index contributed by atoms with van der Waals surface area (Å²) in [5.41, 5.74) is -0.611. The van der Waals surface area contributed by atoms with E-state index < -0.39 is 5.60 Å². The van der Waals surface area contributed by atoms with Crippen molar-refractivity contribution < 1.29 is 14.3 Å². The molecule has 0 heterocycles. The van der Waals surface area contributed by atoms with Crippen molar-refractivity contribution in [2.45, 2.75) is 45.8 Å². The predicted molar refractivity (Wildman–Crippen MR) is 72.0 cm³/mol. The number of benzene rings is 1. The van der Waals surface area contributed by atoms with Gasteiger partial charge in [0.15, 0.2) is 0 Å². The van der Waals surface area contributed by atoms with Crippen LogP contribution in [0, 0.1) is 0 Å².